The lowest BCUT2D eigenvalue weighted by molar-refractivity contribution is 0.340. The Hall–Kier alpha value is -1.85. The van der Waals surface area contributed by atoms with Crippen molar-refractivity contribution in [3.05, 3.63) is 47.0 Å². The van der Waals surface area contributed by atoms with E-state index in [1.54, 1.807) is 0 Å². The summed E-state index contributed by atoms with van der Waals surface area (Å²) >= 11 is 7.44. The van der Waals surface area contributed by atoms with Crippen molar-refractivity contribution in [3.8, 4) is 5.75 Å². The molecule has 0 aliphatic carbocycles. The predicted molar refractivity (Wildman–Crippen MR) is 87.4 cm³/mol. The molecule has 1 heterocycles. The quantitative estimate of drug-likeness (QED) is 0.759. The van der Waals surface area contributed by atoms with Crippen molar-refractivity contribution in [1.82, 2.24) is 8.75 Å². The number of benzene rings is 2. The van der Waals surface area contributed by atoms with E-state index in [0.717, 1.165) is 28.0 Å². The first kappa shape index (κ1) is 14.1. The molecule has 6 heteroatoms. The van der Waals surface area contributed by atoms with Gasteiger partial charge in [0.05, 0.1) is 29.0 Å². The highest BCUT2D eigenvalue weighted by atomic mass is 35.5. The van der Waals surface area contributed by atoms with Crippen LogP contribution in [0.1, 0.15) is 12.5 Å². The molecule has 0 bridgehead atoms. The molecule has 4 nitrogen and oxygen atoms in total. The monoisotopic (exact) mass is 319 g/mol. The molecular weight excluding hydrogens is 306 g/mol. The van der Waals surface area contributed by atoms with Crippen LogP contribution < -0.4 is 10.1 Å². The fourth-order valence-corrected chi connectivity index (χ4v) is 2.82. The van der Waals surface area contributed by atoms with Gasteiger partial charge in [-0.05, 0) is 36.8 Å². The zero-order chi connectivity index (χ0) is 14.7. The van der Waals surface area contributed by atoms with Gasteiger partial charge in [-0.2, -0.15) is 8.75 Å². The van der Waals surface area contributed by atoms with Gasteiger partial charge in [0.1, 0.15) is 16.8 Å². The van der Waals surface area contributed by atoms with Gasteiger partial charge in [0.2, 0.25) is 0 Å². The van der Waals surface area contributed by atoms with E-state index in [4.69, 9.17) is 16.3 Å². The average molecular weight is 320 g/mol. The maximum atomic E-state index is 6.25. The lowest BCUT2D eigenvalue weighted by Crippen LogP contribution is -2.01. The van der Waals surface area contributed by atoms with Crippen LogP contribution in [0.3, 0.4) is 0 Å². The van der Waals surface area contributed by atoms with Crippen LogP contribution in [0.2, 0.25) is 5.02 Å². The Balaban J connectivity index is 1.77. The Bertz CT molecular complexity index is 742. The molecule has 0 saturated heterocycles. The van der Waals surface area contributed by atoms with Crippen molar-refractivity contribution in [2.24, 2.45) is 0 Å². The summed E-state index contributed by atoms with van der Waals surface area (Å²) in [7, 11) is 0. The molecule has 0 fully saturated rings. The third kappa shape index (κ3) is 3.09. The number of hydrogen-bond acceptors (Lipinski definition) is 5. The van der Waals surface area contributed by atoms with Gasteiger partial charge in [-0.1, -0.05) is 23.7 Å². The summed E-state index contributed by atoms with van der Waals surface area (Å²) in [4.78, 5) is 0. The summed E-state index contributed by atoms with van der Waals surface area (Å²) in [5.41, 5.74) is 3.66. The molecule has 1 aromatic heterocycles. The molecule has 0 atom stereocenters. The molecule has 0 amide bonds. The topological polar surface area (TPSA) is 47.0 Å². The lowest BCUT2D eigenvalue weighted by Gasteiger charge is -2.09. The highest BCUT2D eigenvalue weighted by Crippen LogP contribution is 2.30. The molecule has 3 aromatic rings. The number of nitrogens with one attached hydrogen (secondary N) is 1. The minimum absolute atomic E-state index is 0.654. The summed E-state index contributed by atoms with van der Waals surface area (Å²) in [6, 6.07) is 11.7. The summed E-state index contributed by atoms with van der Waals surface area (Å²) in [6.45, 7) is 3.31. The van der Waals surface area contributed by atoms with E-state index >= 15 is 0 Å². The number of halogens is 1. The van der Waals surface area contributed by atoms with Crippen LogP contribution >= 0.6 is 23.3 Å². The van der Waals surface area contributed by atoms with Crippen LogP contribution in [0.25, 0.3) is 11.0 Å². The van der Waals surface area contributed by atoms with E-state index in [1.165, 1.54) is 11.7 Å². The minimum atomic E-state index is 0.654. The average Bonchev–Trinajstić information content (AvgIpc) is 2.97. The highest BCUT2D eigenvalue weighted by molar-refractivity contribution is 7.00. The molecular formula is C15H14ClN3OS. The minimum Gasteiger partial charge on any atom is -0.494 e. The molecule has 0 aliphatic heterocycles. The second-order valence-corrected chi connectivity index (χ2v) is 5.42. The van der Waals surface area contributed by atoms with E-state index in [1.807, 2.05) is 43.3 Å². The molecule has 0 saturated carbocycles. The molecule has 2 aromatic carbocycles. The number of anilines is 1. The highest BCUT2D eigenvalue weighted by Gasteiger charge is 2.09. The summed E-state index contributed by atoms with van der Waals surface area (Å²) in [6.07, 6.45) is 0. The van der Waals surface area contributed by atoms with E-state index in [-0.39, 0.29) is 0 Å². The number of rotatable bonds is 5. The second-order valence-electron chi connectivity index (χ2n) is 4.48. The van der Waals surface area contributed by atoms with Gasteiger partial charge in [0.15, 0.2) is 0 Å². The van der Waals surface area contributed by atoms with Crippen LogP contribution in [0.5, 0.6) is 5.75 Å². The third-order valence-corrected chi connectivity index (χ3v) is 3.94. The molecule has 0 unspecified atom stereocenters. The number of nitrogens with zero attached hydrogens (tertiary/aromatic N) is 2. The Kier molecular flexibility index (Phi) is 4.22. The van der Waals surface area contributed by atoms with Gasteiger partial charge in [-0.25, -0.2) is 0 Å². The third-order valence-electron chi connectivity index (χ3n) is 3.08. The summed E-state index contributed by atoms with van der Waals surface area (Å²) in [5.74, 6) is 0.880. The van der Waals surface area contributed by atoms with E-state index in [9.17, 15) is 0 Å². The van der Waals surface area contributed by atoms with Crippen LogP contribution in [-0.2, 0) is 6.54 Å². The van der Waals surface area contributed by atoms with Gasteiger partial charge in [-0.15, -0.1) is 0 Å². The van der Waals surface area contributed by atoms with Crippen LogP contribution in [0, 0.1) is 0 Å². The standard InChI is InChI=1S/C15H14ClN3OS/c1-2-20-11-5-3-10(4-6-11)9-17-14-12(16)7-8-13-15(14)19-21-18-13/h3-8,17H,2,9H2,1H3. The van der Waals surface area contributed by atoms with Crippen molar-refractivity contribution in [2.75, 3.05) is 11.9 Å². The van der Waals surface area contributed by atoms with Crippen LogP contribution in [0.4, 0.5) is 5.69 Å². The normalized spacial score (nSPS) is 10.8. The van der Waals surface area contributed by atoms with Crippen molar-refractivity contribution >= 4 is 40.0 Å². The fourth-order valence-electron chi connectivity index (χ4n) is 2.06. The molecule has 3 rings (SSSR count). The first-order chi connectivity index (χ1) is 10.3. The number of ether oxygens (including phenoxy) is 1. The maximum absolute atomic E-state index is 6.25. The van der Waals surface area contributed by atoms with Gasteiger partial charge in [0.25, 0.3) is 0 Å². The molecule has 0 radical (unpaired) electrons. The predicted octanol–water partition coefficient (Wildman–Crippen LogP) is 4.36. The van der Waals surface area contributed by atoms with Crippen molar-refractivity contribution < 1.29 is 4.74 Å². The molecule has 108 valence electrons. The number of aromatic nitrogens is 2. The van der Waals surface area contributed by atoms with Crippen molar-refractivity contribution in [1.29, 1.82) is 0 Å². The summed E-state index contributed by atoms with van der Waals surface area (Å²) < 4.78 is 13.9. The zero-order valence-electron chi connectivity index (χ0n) is 11.5. The van der Waals surface area contributed by atoms with Gasteiger partial charge >= 0.3 is 0 Å². The van der Waals surface area contributed by atoms with Gasteiger partial charge in [0, 0.05) is 6.54 Å². The number of fused-ring (bicyclic) bond motifs is 1. The second kappa shape index (κ2) is 6.28. The zero-order valence-corrected chi connectivity index (χ0v) is 13.0. The largest absolute Gasteiger partial charge is 0.494 e. The van der Waals surface area contributed by atoms with E-state index in [0.29, 0.717) is 18.2 Å². The SMILES string of the molecule is CCOc1ccc(CNc2c(Cl)ccc3nsnc23)cc1. The molecule has 21 heavy (non-hydrogen) atoms. The first-order valence-electron chi connectivity index (χ1n) is 6.64. The molecule has 1 N–H and O–H groups in total. The summed E-state index contributed by atoms with van der Waals surface area (Å²) in [5, 5.41) is 4.00. The van der Waals surface area contributed by atoms with Crippen LogP contribution in [-0.4, -0.2) is 15.4 Å². The maximum Gasteiger partial charge on any atom is 0.129 e. The molecule has 0 spiro atoms. The first-order valence-corrected chi connectivity index (χ1v) is 7.75. The van der Waals surface area contributed by atoms with E-state index in [2.05, 4.69) is 14.1 Å². The Morgan fingerprint density at radius 2 is 1.95 bits per heavy atom. The van der Waals surface area contributed by atoms with Gasteiger partial charge in [-0.3, -0.25) is 0 Å². The van der Waals surface area contributed by atoms with Crippen molar-refractivity contribution in [3.63, 3.8) is 0 Å². The Morgan fingerprint density at radius 3 is 2.71 bits per heavy atom. The van der Waals surface area contributed by atoms with E-state index < -0.39 is 0 Å². The fraction of sp³-hybridized carbons (Fsp3) is 0.200. The smallest absolute Gasteiger partial charge is 0.129 e. The Labute approximate surface area is 132 Å². The van der Waals surface area contributed by atoms with Crippen molar-refractivity contribution in [2.45, 2.75) is 13.5 Å². The number of hydrogen-bond donors (Lipinski definition) is 1. The molecule has 0 aliphatic rings. The lowest BCUT2D eigenvalue weighted by atomic mass is 10.2. The van der Waals surface area contributed by atoms with Crippen LogP contribution in [0.15, 0.2) is 36.4 Å². The Morgan fingerprint density at radius 1 is 1.14 bits per heavy atom. The van der Waals surface area contributed by atoms with Gasteiger partial charge < -0.3 is 10.1 Å².